The lowest BCUT2D eigenvalue weighted by Gasteiger charge is -2.15. The summed E-state index contributed by atoms with van der Waals surface area (Å²) in [5, 5.41) is 0. The summed E-state index contributed by atoms with van der Waals surface area (Å²) in [5.74, 6) is -0.329. The molecule has 1 aliphatic heterocycles. The van der Waals surface area contributed by atoms with E-state index in [1.165, 1.54) is 17.2 Å². The van der Waals surface area contributed by atoms with Gasteiger partial charge in [-0.3, -0.25) is 4.90 Å². The van der Waals surface area contributed by atoms with E-state index in [4.69, 9.17) is 5.73 Å². The molecule has 2 N–H and O–H groups in total. The van der Waals surface area contributed by atoms with Crippen molar-refractivity contribution >= 4 is 5.69 Å². The molecule has 0 aromatic heterocycles. The van der Waals surface area contributed by atoms with Gasteiger partial charge < -0.3 is 5.73 Å². The summed E-state index contributed by atoms with van der Waals surface area (Å²) in [6.07, 6.45) is 0. The molecule has 0 fully saturated rings. The fraction of sp³-hybridized carbons (Fsp3) is 0.200. The van der Waals surface area contributed by atoms with Gasteiger partial charge in [0.1, 0.15) is 5.82 Å². The molecule has 2 aromatic carbocycles. The zero-order chi connectivity index (χ0) is 12.5. The zero-order valence-electron chi connectivity index (χ0n) is 10.1. The van der Waals surface area contributed by atoms with Crippen LogP contribution in [0.4, 0.5) is 10.1 Å². The second kappa shape index (κ2) is 4.42. The maximum atomic E-state index is 13.4. The van der Waals surface area contributed by atoms with E-state index in [9.17, 15) is 4.39 Å². The van der Waals surface area contributed by atoms with Crippen LogP contribution in [-0.4, -0.2) is 4.90 Å². The van der Waals surface area contributed by atoms with Crippen molar-refractivity contribution in [1.82, 2.24) is 4.90 Å². The molecule has 1 aliphatic rings. The maximum absolute atomic E-state index is 13.4. The Hall–Kier alpha value is -1.87. The van der Waals surface area contributed by atoms with Gasteiger partial charge in [-0.15, -0.1) is 0 Å². The highest BCUT2D eigenvalue weighted by Gasteiger charge is 2.18. The third-order valence-electron chi connectivity index (χ3n) is 3.38. The van der Waals surface area contributed by atoms with E-state index in [0.717, 1.165) is 25.2 Å². The first-order chi connectivity index (χ1) is 8.72. The van der Waals surface area contributed by atoms with Crippen molar-refractivity contribution in [1.29, 1.82) is 0 Å². The van der Waals surface area contributed by atoms with E-state index >= 15 is 0 Å². The predicted octanol–water partition coefficient (Wildman–Crippen LogP) is 2.92. The highest BCUT2D eigenvalue weighted by Crippen LogP contribution is 2.24. The Kier molecular flexibility index (Phi) is 2.76. The number of nitrogens with two attached hydrogens (primary N) is 1. The van der Waals surface area contributed by atoms with Crippen LogP contribution in [0.15, 0.2) is 42.5 Å². The summed E-state index contributed by atoms with van der Waals surface area (Å²) in [6.45, 7) is 2.62. The number of hydrogen-bond donors (Lipinski definition) is 1. The average molecular weight is 242 g/mol. The number of rotatable bonds is 2. The van der Waals surface area contributed by atoms with Crippen LogP contribution in [0.25, 0.3) is 0 Å². The number of hydrogen-bond acceptors (Lipinski definition) is 2. The second-order valence-corrected chi connectivity index (χ2v) is 4.77. The van der Waals surface area contributed by atoms with Gasteiger partial charge in [-0.2, -0.15) is 0 Å². The number of benzene rings is 2. The van der Waals surface area contributed by atoms with Crippen molar-refractivity contribution in [2.24, 2.45) is 0 Å². The quantitative estimate of drug-likeness (QED) is 0.820. The van der Waals surface area contributed by atoms with Gasteiger partial charge in [-0.1, -0.05) is 30.3 Å². The van der Waals surface area contributed by atoms with Crippen LogP contribution < -0.4 is 5.73 Å². The molecule has 0 aliphatic carbocycles. The smallest absolute Gasteiger partial charge is 0.146 e. The minimum Gasteiger partial charge on any atom is -0.396 e. The average Bonchev–Trinajstić information content (AvgIpc) is 2.76. The third kappa shape index (κ3) is 2.09. The molecule has 18 heavy (non-hydrogen) atoms. The molecular formula is C15H15FN2. The number of nitrogen functional groups attached to an aromatic ring is 1. The number of fused-ring (bicyclic) bond motifs is 1. The van der Waals surface area contributed by atoms with Crippen LogP contribution >= 0.6 is 0 Å². The molecule has 0 bridgehead atoms. The number of anilines is 1. The van der Waals surface area contributed by atoms with Gasteiger partial charge >= 0.3 is 0 Å². The van der Waals surface area contributed by atoms with E-state index in [2.05, 4.69) is 29.2 Å². The lowest BCUT2D eigenvalue weighted by molar-refractivity contribution is 0.275. The van der Waals surface area contributed by atoms with E-state index in [1.807, 2.05) is 6.07 Å². The second-order valence-electron chi connectivity index (χ2n) is 4.77. The van der Waals surface area contributed by atoms with Crippen molar-refractivity contribution < 1.29 is 4.39 Å². The van der Waals surface area contributed by atoms with Crippen molar-refractivity contribution in [2.75, 3.05) is 5.73 Å². The first-order valence-electron chi connectivity index (χ1n) is 6.05. The van der Waals surface area contributed by atoms with Crippen molar-refractivity contribution in [3.63, 3.8) is 0 Å². The van der Waals surface area contributed by atoms with Gasteiger partial charge in [0, 0.05) is 19.6 Å². The molecular weight excluding hydrogens is 227 g/mol. The van der Waals surface area contributed by atoms with Crippen LogP contribution in [0.3, 0.4) is 0 Å². The molecule has 3 heteroatoms. The Morgan fingerprint density at radius 1 is 1.06 bits per heavy atom. The summed E-state index contributed by atoms with van der Waals surface area (Å²) in [5.41, 5.74) is 9.39. The fourth-order valence-electron chi connectivity index (χ4n) is 2.44. The molecule has 3 rings (SSSR count). The molecule has 0 saturated heterocycles. The van der Waals surface area contributed by atoms with Gasteiger partial charge in [-0.25, -0.2) is 4.39 Å². The Morgan fingerprint density at radius 2 is 1.72 bits per heavy atom. The Morgan fingerprint density at radius 3 is 2.33 bits per heavy atom. The molecule has 2 aromatic rings. The molecule has 0 spiro atoms. The normalized spacial score (nSPS) is 14.7. The molecule has 0 unspecified atom stereocenters. The zero-order valence-corrected chi connectivity index (χ0v) is 10.1. The summed E-state index contributed by atoms with van der Waals surface area (Å²) >= 11 is 0. The largest absolute Gasteiger partial charge is 0.396 e. The number of halogens is 1. The predicted molar refractivity (Wildman–Crippen MR) is 70.2 cm³/mol. The van der Waals surface area contributed by atoms with Crippen molar-refractivity contribution in [2.45, 2.75) is 19.6 Å². The summed E-state index contributed by atoms with van der Waals surface area (Å²) in [4.78, 5) is 2.30. The molecule has 0 amide bonds. The summed E-state index contributed by atoms with van der Waals surface area (Å²) < 4.78 is 13.4. The Labute approximate surface area is 106 Å². The van der Waals surface area contributed by atoms with Crippen molar-refractivity contribution in [3.05, 3.63) is 65.0 Å². The SMILES string of the molecule is Nc1ccc(CN2Cc3ccccc3C2)cc1F. The minimum absolute atomic E-state index is 0.212. The number of nitrogens with zero attached hydrogens (tertiary/aromatic N) is 1. The monoisotopic (exact) mass is 242 g/mol. The van der Waals surface area contributed by atoms with Crippen LogP contribution in [0, 0.1) is 5.82 Å². The summed E-state index contributed by atoms with van der Waals surface area (Å²) in [6, 6.07) is 13.5. The molecule has 1 heterocycles. The summed E-state index contributed by atoms with van der Waals surface area (Å²) in [7, 11) is 0. The van der Waals surface area contributed by atoms with E-state index < -0.39 is 0 Å². The van der Waals surface area contributed by atoms with Gasteiger partial charge in [-0.05, 0) is 28.8 Å². The van der Waals surface area contributed by atoms with E-state index in [0.29, 0.717) is 0 Å². The lowest BCUT2D eigenvalue weighted by Crippen LogP contribution is -2.15. The van der Waals surface area contributed by atoms with E-state index in [1.54, 1.807) is 6.07 Å². The first kappa shape index (κ1) is 11.2. The molecule has 2 nitrogen and oxygen atoms in total. The van der Waals surface area contributed by atoms with Crippen molar-refractivity contribution in [3.8, 4) is 0 Å². The standard InChI is InChI=1S/C15H15FN2/c16-14-7-11(5-6-15(14)17)8-18-9-12-3-1-2-4-13(12)10-18/h1-7H,8-10,17H2. The lowest BCUT2D eigenvalue weighted by atomic mass is 10.1. The fourth-order valence-corrected chi connectivity index (χ4v) is 2.44. The van der Waals surface area contributed by atoms with Crippen LogP contribution in [0.1, 0.15) is 16.7 Å². The minimum atomic E-state index is -0.329. The van der Waals surface area contributed by atoms with Gasteiger partial charge in [0.25, 0.3) is 0 Å². The maximum Gasteiger partial charge on any atom is 0.146 e. The molecule has 0 atom stereocenters. The molecule has 92 valence electrons. The van der Waals surface area contributed by atoms with Crippen LogP contribution in [0.5, 0.6) is 0 Å². The van der Waals surface area contributed by atoms with Gasteiger partial charge in [0.05, 0.1) is 5.69 Å². The highest BCUT2D eigenvalue weighted by atomic mass is 19.1. The first-order valence-corrected chi connectivity index (χ1v) is 6.05. The van der Waals surface area contributed by atoms with Gasteiger partial charge in [0.2, 0.25) is 0 Å². The highest BCUT2D eigenvalue weighted by molar-refractivity contribution is 5.41. The molecule has 0 saturated carbocycles. The third-order valence-corrected chi connectivity index (χ3v) is 3.38. The van der Waals surface area contributed by atoms with E-state index in [-0.39, 0.29) is 11.5 Å². The Balaban J connectivity index is 1.74. The molecule has 0 radical (unpaired) electrons. The van der Waals surface area contributed by atoms with Crippen LogP contribution in [0.2, 0.25) is 0 Å². The van der Waals surface area contributed by atoms with Crippen LogP contribution in [-0.2, 0) is 19.6 Å². The Bertz CT molecular complexity index is 555. The topological polar surface area (TPSA) is 29.3 Å². The van der Waals surface area contributed by atoms with Gasteiger partial charge in [0.15, 0.2) is 0 Å².